The molecule has 2 saturated heterocycles. The van der Waals surface area contributed by atoms with Crippen LogP contribution in [-0.4, -0.2) is 41.0 Å². The molecule has 2 aliphatic heterocycles. The first-order chi connectivity index (χ1) is 11.6. The molecule has 0 radical (unpaired) electrons. The highest BCUT2D eigenvalue weighted by atomic mass is 32.1. The third kappa shape index (κ3) is 3.13. The number of amides is 1. The van der Waals surface area contributed by atoms with Crippen molar-refractivity contribution in [1.82, 2.24) is 15.2 Å². The predicted octanol–water partition coefficient (Wildman–Crippen LogP) is 3.00. The van der Waals surface area contributed by atoms with Gasteiger partial charge in [0, 0.05) is 30.6 Å². The second-order valence-electron chi connectivity index (χ2n) is 7.00. The average Bonchev–Trinajstić information content (AvgIpc) is 3.27. The second-order valence-corrected chi connectivity index (χ2v) is 7.86. The quantitative estimate of drug-likeness (QED) is 0.925. The number of likely N-dealkylation sites (N-methyl/N-ethyl adjacent to an activating group) is 1. The summed E-state index contributed by atoms with van der Waals surface area (Å²) in [5.41, 5.74) is 0.831. The Bertz CT molecular complexity index is 726. The number of carbonyl (C=O) groups is 1. The maximum Gasteiger partial charge on any atom is 0.228 e. The Labute approximate surface area is 146 Å². The van der Waals surface area contributed by atoms with E-state index in [1.165, 1.54) is 24.2 Å². The van der Waals surface area contributed by atoms with Crippen molar-refractivity contribution >= 4 is 17.2 Å². The average molecular weight is 345 g/mol. The number of furan rings is 1. The summed E-state index contributed by atoms with van der Waals surface area (Å²) >= 11 is 1.53. The molecule has 4 heterocycles. The van der Waals surface area contributed by atoms with E-state index in [1.54, 1.807) is 0 Å². The first-order valence-corrected chi connectivity index (χ1v) is 9.49. The fourth-order valence-electron chi connectivity index (χ4n) is 3.88. The zero-order valence-corrected chi connectivity index (χ0v) is 14.9. The molecule has 5 nitrogen and oxygen atoms in total. The number of nitrogens with zero attached hydrogens (tertiary/aromatic N) is 2. The van der Waals surface area contributed by atoms with E-state index < -0.39 is 0 Å². The SMILES string of the molecule is Cc1ccc(-c2nc(CC(=O)N(C)C3CC4CCC(C3)N4)cs2)o1. The highest BCUT2D eigenvalue weighted by molar-refractivity contribution is 7.13. The van der Waals surface area contributed by atoms with E-state index in [-0.39, 0.29) is 5.91 Å². The topological polar surface area (TPSA) is 58.4 Å². The number of piperidine rings is 1. The number of fused-ring (bicyclic) bond motifs is 2. The van der Waals surface area contributed by atoms with Gasteiger partial charge in [-0.25, -0.2) is 4.98 Å². The third-order valence-corrected chi connectivity index (χ3v) is 6.13. The van der Waals surface area contributed by atoms with Crippen molar-refractivity contribution in [2.24, 2.45) is 0 Å². The fraction of sp³-hybridized carbons (Fsp3) is 0.556. The number of hydrogen-bond donors (Lipinski definition) is 1. The number of nitrogens with one attached hydrogen (secondary N) is 1. The highest BCUT2D eigenvalue weighted by Gasteiger charge is 2.36. The molecule has 2 aliphatic rings. The molecule has 2 aromatic rings. The lowest BCUT2D eigenvalue weighted by Gasteiger charge is -2.35. The molecule has 4 rings (SSSR count). The smallest absolute Gasteiger partial charge is 0.228 e. The molecule has 0 spiro atoms. The van der Waals surface area contributed by atoms with Crippen LogP contribution in [0.2, 0.25) is 0 Å². The van der Waals surface area contributed by atoms with Gasteiger partial charge in [0.2, 0.25) is 5.91 Å². The summed E-state index contributed by atoms with van der Waals surface area (Å²) in [6, 6.07) is 5.41. The van der Waals surface area contributed by atoms with Crippen LogP contribution in [-0.2, 0) is 11.2 Å². The van der Waals surface area contributed by atoms with Crippen LogP contribution >= 0.6 is 11.3 Å². The van der Waals surface area contributed by atoms with E-state index in [4.69, 9.17) is 4.42 Å². The minimum absolute atomic E-state index is 0.161. The summed E-state index contributed by atoms with van der Waals surface area (Å²) in [6.45, 7) is 1.92. The Morgan fingerprint density at radius 3 is 2.79 bits per heavy atom. The maximum absolute atomic E-state index is 12.6. The van der Waals surface area contributed by atoms with Crippen LogP contribution in [0.5, 0.6) is 0 Å². The molecule has 0 saturated carbocycles. The van der Waals surface area contributed by atoms with Gasteiger partial charge in [-0.1, -0.05) is 0 Å². The number of rotatable bonds is 4. The Morgan fingerprint density at radius 2 is 2.12 bits per heavy atom. The standard InChI is InChI=1S/C18H23N3O2S/c1-11-3-6-16(23-11)18-20-14(10-24-18)9-17(22)21(2)15-7-12-4-5-13(8-15)19-12/h3,6,10,12-13,15,19H,4-5,7-9H2,1-2H3. The number of aryl methyl sites for hydroxylation is 1. The van der Waals surface area contributed by atoms with Crippen molar-refractivity contribution in [1.29, 1.82) is 0 Å². The van der Waals surface area contributed by atoms with Crippen LogP contribution in [0.1, 0.15) is 37.1 Å². The van der Waals surface area contributed by atoms with Crippen LogP contribution in [0.15, 0.2) is 21.9 Å². The lowest BCUT2D eigenvalue weighted by Crippen LogP contribution is -2.49. The predicted molar refractivity (Wildman–Crippen MR) is 94.0 cm³/mol. The molecule has 2 atom stereocenters. The zero-order chi connectivity index (χ0) is 16.7. The molecule has 2 unspecified atom stereocenters. The van der Waals surface area contributed by atoms with Gasteiger partial charge in [-0.3, -0.25) is 4.79 Å². The summed E-state index contributed by atoms with van der Waals surface area (Å²) < 4.78 is 5.61. The van der Waals surface area contributed by atoms with E-state index in [2.05, 4.69) is 10.3 Å². The summed E-state index contributed by atoms with van der Waals surface area (Å²) in [4.78, 5) is 19.2. The molecule has 0 aliphatic carbocycles. The van der Waals surface area contributed by atoms with Crippen molar-refractivity contribution in [2.75, 3.05) is 7.05 Å². The molecule has 2 bridgehead atoms. The van der Waals surface area contributed by atoms with E-state index in [0.717, 1.165) is 35.1 Å². The number of hydrogen-bond acceptors (Lipinski definition) is 5. The van der Waals surface area contributed by atoms with Crippen LogP contribution < -0.4 is 5.32 Å². The Balaban J connectivity index is 1.40. The summed E-state index contributed by atoms with van der Waals surface area (Å²) in [7, 11) is 1.95. The number of carbonyl (C=O) groups excluding carboxylic acids is 1. The van der Waals surface area contributed by atoms with E-state index in [1.807, 2.05) is 36.4 Å². The molecule has 1 N–H and O–H groups in total. The van der Waals surface area contributed by atoms with Crippen LogP contribution in [0.3, 0.4) is 0 Å². The molecule has 6 heteroatoms. The zero-order valence-electron chi connectivity index (χ0n) is 14.1. The fourth-order valence-corrected chi connectivity index (χ4v) is 4.66. The highest BCUT2D eigenvalue weighted by Crippen LogP contribution is 2.30. The summed E-state index contributed by atoms with van der Waals surface area (Å²) in [5, 5.41) is 6.43. The Hall–Kier alpha value is -1.66. The normalized spacial score (nSPS) is 25.8. The minimum Gasteiger partial charge on any atom is -0.459 e. The van der Waals surface area contributed by atoms with Gasteiger partial charge in [0.25, 0.3) is 0 Å². The van der Waals surface area contributed by atoms with Crippen molar-refractivity contribution < 1.29 is 9.21 Å². The van der Waals surface area contributed by atoms with Crippen LogP contribution in [0.25, 0.3) is 10.8 Å². The molecule has 2 aromatic heterocycles. The second kappa shape index (κ2) is 6.33. The molecule has 128 valence electrons. The lowest BCUT2D eigenvalue weighted by molar-refractivity contribution is -0.132. The van der Waals surface area contributed by atoms with Gasteiger partial charge < -0.3 is 14.6 Å². The first-order valence-electron chi connectivity index (χ1n) is 8.61. The maximum atomic E-state index is 12.6. The van der Waals surface area contributed by atoms with E-state index in [9.17, 15) is 4.79 Å². The van der Waals surface area contributed by atoms with Crippen molar-refractivity contribution in [3.8, 4) is 10.8 Å². The summed E-state index contributed by atoms with van der Waals surface area (Å²) in [6.07, 6.45) is 5.02. The van der Waals surface area contributed by atoms with Crippen LogP contribution in [0.4, 0.5) is 0 Å². The van der Waals surface area contributed by atoms with E-state index in [0.29, 0.717) is 24.5 Å². The molecule has 2 fully saturated rings. The molecular formula is C18H23N3O2S. The van der Waals surface area contributed by atoms with E-state index >= 15 is 0 Å². The van der Waals surface area contributed by atoms with Gasteiger partial charge >= 0.3 is 0 Å². The molecule has 24 heavy (non-hydrogen) atoms. The largest absolute Gasteiger partial charge is 0.459 e. The van der Waals surface area contributed by atoms with Gasteiger partial charge in [0.1, 0.15) is 5.76 Å². The van der Waals surface area contributed by atoms with Crippen molar-refractivity contribution in [2.45, 2.75) is 57.2 Å². The van der Waals surface area contributed by atoms with Gasteiger partial charge in [-0.05, 0) is 44.7 Å². The minimum atomic E-state index is 0.161. The van der Waals surface area contributed by atoms with Crippen molar-refractivity contribution in [3.05, 3.63) is 29.0 Å². The first kappa shape index (κ1) is 15.8. The van der Waals surface area contributed by atoms with Gasteiger partial charge in [-0.15, -0.1) is 11.3 Å². The molecule has 0 aromatic carbocycles. The third-order valence-electron chi connectivity index (χ3n) is 5.22. The summed E-state index contributed by atoms with van der Waals surface area (Å²) in [5.74, 6) is 1.81. The molecule has 1 amide bonds. The van der Waals surface area contributed by atoms with Crippen LogP contribution in [0, 0.1) is 6.92 Å². The van der Waals surface area contributed by atoms with Crippen molar-refractivity contribution in [3.63, 3.8) is 0 Å². The monoisotopic (exact) mass is 345 g/mol. The van der Waals surface area contributed by atoms with Gasteiger partial charge in [0.05, 0.1) is 12.1 Å². The number of thiazole rings is 1. The van der Waals surface area contributed by atoms with Gasteiger partial charge in [0.15, 0.2) is 10.8 Å². The van der Waals surface area contributed by atoms with Gasteiger partial charge in [-0.2, -0.15) is 0 Å². The molecular weight excluding hydrogens is 322 g/mol. The number of aromatic nitrogens is 1. The Morgan fingerprint density at radius 1 is 1.38 bits per heavy atom. The Kier molecular flexibility index (Phi) is 4.18. The lowest BCUT2D eigenvalue weighted by atomic mass is 9.98.